The number of aryl methyl sites for hydroxylation is 1. The molecular formula is C52H85N7O12S. The number of rotatable bonds is 15. The highest BCUT2D eigenvalue weighted by atomic mass is 32.1. The summed E-state index contributed by atoms with van der Waals surface area (Å²) in [5, 5.41) is 74.9. The van der Waals surface area contributed by atoms with E-state index in [0.717, 1.165) is 29.1 Å². The number of nitrogens with zero attached hydrogens (tertiary/aromatic N) is 7. The van der Waals surface area contributed by atoms with E-state index in [4.69, 9.17) is 28.4 Å². The first kappa shape index (κ1) is 58.0. The number of ether oxygens (including phenoxy) is 6. The first-order valence-corrected chi connectivity index (χ1v) is 26.7. The van der Waals surface area contributed by atoms with Crippen molar-refractivity contribution in [3.8, 4) is 17.0 Å². The van der Waals surface area contributed by atoms with Crippen molar-refractivity contribution in [3.63, 3.8) is 0 Å². The number of likely N-dealkylation sites (N-methyl/N-ethyl adjacent to an activating group) is 2. The molecule has 0 bridgehead atoms. The van der Waals surface area contributed by atoms with E-state index < -0.39 is 102 Å². The van der Waals surface area contributed by atoms with Crippen molar-refractivity contribution in [1.82, 2.24) is 34.4 Å². The van der Waals surface area contributed by atoms with Gasteiger partial charge in [0, 0.05) is 81.1 Å². The van der Waals surface area contributed by atoms with Gasteiger partial charge in [0.15, 0.2) is 6.29 Å². The molecule has 6 rings (SSSR count). The normalized spacial score (nSPS) is 39.0. The first-order valence-electron chi connectivity index (χ1n) is 25.9. The Morgan fingerprint density at radius 2 is 1.68 bits per heavy atom. The number of aromatic nitrogens is 5. The third-order valence-electron chi connectivity index (χ3n) is 16.1. The molecule has 3 aromatic rings. The third kappa shape index (κ3) is 13.6. The molecule has 0 spiro atoms. The smallest absolute Gasteiger partial charge is 0.309 e. The number of hydrogen-bond donors (Lipinski definition) is 5. The van der Waals surface area contributed by atoms with Crippen LogP contribution in [-0.2, 0) is 41.4 Å². The van der Waals surface area contributed by atoms with Gasteiger partial charge >= 0.3 is 5.97 Å². The molecule has 19 nitrogen and oxygen atoms in total. The second-order valence-corrected chi connectivity index (χ2v) is 22.6. The zero-order chi connectivity index (χ0) is 52.9. The van der Waals surface area contributed by atoms with Crippen molar-refractivity contribution < 1.29 is 58.7 Å². The van der Waals surface area contributed by atoms with Gasteiger partial charge in [-0.1, -0.05) is 37.4 Å². The maximum atomic E-state index is 14.6. The van der Waals surface area contributed by atoms with E-state index in [0.29, 0.717) is 39.1 Å². The Balaban J connectivity index is 1.20. The molecule has 1 aromatic carbocycles. The van der Waals surface area contributed by atoms with Crippen LogP contribution in [0.1, 0.15) is 107 Å². The molecule has 2 aromatic heterocycles. The molecular weight excluding hydrogens is 947 g/mol. The summed E-state index contributed by atoms with van der Waals surface area (Å²) in [6, 6.07) is 6.84. The Bertz CT molecular complexity index is 2130. The summed E-state index contributed by atoms with van der Waals surface area (Å²) in [5.41, 5.74) is -1.81. The van der Waals surface area contributed by atoms with E-state index in [1.165, 1.54) is 25.6 Å². The molecule has 5 heterocycles. The van der Waals surface area contributed by atoms with Crippen LogP contribution in [0.15, 0.2) is 35.8 Å². The van der Waals surface area contributed by atoms with Crippen LogP contribution in [0.2, 0.25) is 0 Å². The van der Waals surface area contributed by atoms with E-state index in [1.54, 1.807) is 27.7 Å². The predicted octanol–water partition coefficient (Wildman–Crippen LogP) is 4.37. The fourth-order valence-corrected chi connectivity index (χ4v) is 12.1. The van der Waals surface area contributed by atoms with Crippen molar-refractivity contribution in [2.24, 2.45) is 23.7 Å². The van der Waals surface area contributed by atoms with Crippen LogP contribution in [0, 0.1) is 23.7 Å². The highest BCUT2D eigenvalue weighted by molar-refractivity contribution is 7.03. The summed E-state index contributed by atoms with van der Waals surface area (Å²) in [4.78, 5) is 18.6. The molecule has 1 unspecified atom stereocenters. The van der Waals surface area contributed by atoms with Gasteiger partial charge in [0.25, 0.3) is 0 Å². The average molecular weight is 1030 g/mol. The summed E-state index contributed by atoms with van der Waals surface area (Å²) in [6.45, 7) is 20.1. The summed E-state index contributed by atoms with van der Waals surface area (Å²) >= 11 is 1.31. The Labute approximate surface area is 430 Å². The topological polar surface area (TPSA) is 237 Å². The lowest BCUT2D eigenvalue weighted by molar-refractivity contribution is -0.302. The van der Waals surface area contributed by atoms with Gasteiger partial charge in [-0.2, -0.15) is 0 Å². The number of cyclic esters (lactones) is 1. The molecule has 0 radical (unpaired) electrons. The summed E-state index contributed by atoms with van der Waals surface area (Å²) in [5.74, 6) is -2.34. The number of carbonyl (C=O) groups excluding carboxylic acids is 1. The summed E-state index contributed by atoms with van der Waals surface area (Å²) in [6.07, 6.45) is -4.03. The number of esters is 1. The summed E-state index contributed by atoms with van der Waals surface area (Å²) < 4.78 is 43.9. The van der Waals surface area contributed by atoms with E-state index in [1.807, 2.05) is 94.1 Å². The van der Waals surface area contributed by atoms with Crippen molar-refractivity contribution in [2.75, 3.05) is 40.9 Å². The zero-order valence-corrected chi connectivity index (χ0v) is 45.6. The minimum atomic E-state index is -1.81. The molecule has 3 saturated heterocycles. The van der Waals surface area contributed by atoms with Gasteiger partial charge in [0.05, 0.1) is 53.8 Å². The molecule has 20 heteroatoms. The van der Waals surface area contributed by atoms with Crippen molar-refractivity contribution in [2.45, 2.75) is 198 Å². The number of benzene rings is 1. The van der Waals surface area contributed by atoms with Crippen molar-refractivity contribution >= 4 is 17.5 Å². The van der Waals surface area contributed by atoms with Crippen LogP contribution in [0.25, 0.3) is 11.3 Å². The highest BCUT2D eigenvalue weighted by Gasteiger charge is 2.55. The maximum absolute atomic E-state index is 14.6. The van der Waals surface area contributed by atoms with Crippen LogP contribution in [0.3, 0.4) is 0 Å². The third-order valence-corrected chi connectivity index (χ3v) is 16.6. The minimum absolute atomic E-state index is 0.167. The Morgan fingerprint density at radius 3 is 2.33 bits per heavy atom. The highest BCUT2D eigenvalue weighted by Crippen LogP contribution is 2.45. The van der Waals surface area contributed by atoms with Crippen LogP contribution in [-0.4, -0.2) is 191 Å². The number of carbonyl (C=O) groups is 1. The first-order chi connectivity index (χ1) is 33.9. The lowest BCUT2D eigenvalue weighted by atomic mass is 9.68. The molecule has 72 heavy (non-hydrogen) atoms. The van der Waals surface area contributed by atoms with Crippen LogP contribution in [0.5, 0.6) is 5.75 Å². The van der Waals surface area contributed by atoms with Gasteiger partial charge in [-0.05, 0) is 123 Å². The molecule has 0 saturated carbocycles. The van der Waals surface area contributed by atoms with Gasteiger partial charge < -0.3 is 63.8 Å². The van der Waals surface area contributed by atoms with Gasteiger partial charge in [-0.3, -0.25) is 9.48 Å². The van der Waals surface area contributed by atoms with Gasteiger partial charge in [0.1, 0.15) is 41.5 Å². The Hall–Kier alpha value is -3.25. The molecule has 3 aliphatic heterocycles. The Kier molecular flexibility index (Phi) is 19.8. The fraction of sp³-hybridized carbons (Fsp3) is 0.788. The number of hydrogen-bond acceptors (Lipinski definition) is 19. The Morgan fingerprint density at radius 1 is 0.972 bits per heavy atom. The lowest BCUT2D eigenvalue weighted by Gasteiger charge is -2.51. The minimum Gasteiger partial charge on any atom is -0.494 e. The second-order valence-electron chi connectivity index (χ2n) is 22.0. The molecule has 0 amide bonds. The van der Waals surface area contributed by atoms with E-state index >= 15 is 0 Å². The number of aliphatic hydroxyl groups is 5. The van der Waals surface area contributed by atoms with Crippen LogP contribution in [0.4, 0.5) is 0 Å². The quantitative estimate of drug-likeness (QED) is 0.105. The zero-order valence-electron chi connectivity index (χ0n) is 44.8. The second kappa shape index (κ2) is 24.6. The van der Waals surface area contributed by atoms with Gasteiger partial charge in [-0.25, -0.2) is 0 Å². The molecule has 18 atom stereocenters. The summed E-state index contributed by atoms with van der Waals surface area (Å²) in [7, 11) is 5.35. The van der Waals surface area contributed by atoms with Crippen LogP contribution >= 0.6 is 11.5 Å². The SMILES string of the molecule is CC[C@H]1OC(=O)[C@H](C)C([C@H]2C[C@@](C)(OC)[C@@H](O)[C@H](C)O2)[C@H](C)[C@@H](O[C@@H]2O[C@H](C)C[C@H](N(C)CCc3cn(CCCOc4ccc(-c5csnn5)cc4)nn3)[C@H]2O)[C@](C)(O)C[C@@H](C)CN(C)[C@H](C)[C@@H](O)[C@]1(C)O. The molecule has 3 fully saturated rings. The average Bonchev–Trinajstić information content (AvgIpc) is 4.05. The van der Waals surface area contributed by atoms with E-state index in [2.05, 4.69) is 24.8 Å². The van der Waals surface area contributed by atoms with Gasteiger partial charge in [-0.15, -0.1) is 10.2 Å². The van der Waals surface area contributed by atoms with E-state index in [9.17, 15) is 30.3 Å². The van der Waals surface area contributed by atoms with Crippen molar-refractivity contribution in [1.29, 1.82) is 0 Å². The molecule has 0 aliphatic carbocycles. The predicted molar refractivity (Wildman–Crippen MR) is 271 cm³/mol. The monoisotopic (exact) mass is 1030 g/mol. The lowest BCUT2D eigenvalue weighted by Crippen LogP contribution is -2.62. The fourth-order valence-electron chi connectivity index (χ4n) is 11.7. The molecule has 406 valence electrons. The molecule has 5 N–H and O–H groups in total. The maximum Gasteiger partial charge on any atom is 0.309 e. The molecule has 3 aliphatic rings. The number of aliphatic hydroxyl groups excluding tert-OH is 3. The van der Waals surface area contributed by atoms with E-state index in [-0.39, 0.29) is 31.3 Å². The van der Waals surface area contributed by atoms with Crippen LogP contribution < -0.4 is 4.74 Å². The number of methoxy groups -OCH3 is 1. The van der Waals surface area contributed by atoms with Gasteiger partial charge in [0.2, 0.25) is 0 Å². The van der Waals surface area contributed by atoms with Crippen molar-refractivity contribution in [3.05, 3.63) is 41.5 Å². The standard InChI is InChI=1S/C52H85N7O12S/c1-14-42-52(10,65)45(61)34(6)58(12)27-30(2)25-50(8,64)47(32(4)43(33(5)48(63)70-42)41-26-51(9,66-13)46(62)35(7)69-41)71-49-44(60)40(24-31(3)68-49)57(11)22-20-37-28-59(55-53-37)21-15-23-67-38-18-16-36(17-19-38)39-29-72-56-54-39/h16-19,28-35,40-47,49,60-62,64-65H,14-15,20-27H2,1-13H3/t30-,31-,32+,33-,34-,35+,40+,41-,42-,43?,44-,45-,46+,47-,49+,50-,51-,52-/m1/s1. The largest absolute Gasteiger partial charge is 0.494 e.